The van der Waals surface area contributed by atoms with Crippen LogP contribution in [0.3, 0.4) is 0 Å². The van der Waals surface area contributed by atoms with Crippen LogP contribution in [0.5, 0.6) is 0 Å². The molecule has 0 aromatic carbocycles. The SMILES string of the molecule is Cc1nsc(NC(=O)c2cc(F)c[nH]2)n1. The highest BCUT2D eigenvalue weighted by Crippen LogP contribution is 2.11. The van der Waals surface area contributed by atoms with Crippen molar-refractivity contribution < 1.29 is 9.18 Å². The zero-order valence-electron chi connectivity index (χ0n) is 7.74. The fourth-order valence-corrected chi connectivity index (χ4v) is 1.58. The molecule has 0 saturated carbocycles. The van der Waals surface area contributed by atoms with E-state index in [4.69, 9.17) is 0 Å². The van der Waals surface area contributed by atoms with Gasteiger partial charge in [0.05, 0.1) is 0 Å². The standard InChI is InChI=1S/C8H7FN4OS/c1-4-11-8(15-13-4)12-7(14)6-2-5(9)3-10-6/h2-3,10H,1H3,(H,11,12,13,14). The monoisotopic (exact) mass is 226 g/mol. The number of aryl methyl sites for hydroxylation is 1. The summed E-state index contributed by atoms with van der Waals surface area (Å²) in [5.41, 5.74) is 0.153. The van der Waals surface area contributed by atoms with Gasteiger partial charge in [0.2, 0.25) is 5.13 Å². The van der Waals surface area contributed by atoms with E-state index in [1.807, 2.05) is 0 Å². The zero-order valence-corrected chi connectivity index (χ0v) is 8.56. The number of carbonyl (C=O) groups is 1. The fourth-order valence-electron chi connectivity index (χ4n) is 1.01. The Morgan fingerprint density at radius 3 is 3.00 bits per heavy atom. The number of nitrogens with one attached hydrogen (secondary N) is 2. The van der Waals surface area contributed by atoms with Crippen LogP contribution in [0.1, 0.15) is 16.3 Å². The van der Waals surface area contributed by atoms with Gasteiger partial charge in [-0.2, -0.15) is 4.37 Å². The van der Waals surface area contributed by atoms with E-state index < -0.39 is 11.7 Å². The molecule has 2 N–H and O–H groups in total. The predicted octanol–water partition coefficient (Wildman–Crippen LogP) is 1.57. The largest absolute Gasteiger partial charge is 0.355 e. The van der Waals surface area contributed by atoms with Crippen molar-refractivity contribution in [1.29, 1.82) is 0 Å². The average Bonchev–Trinajstić information content (AvgIpc) is 2.75. The number of nitrogens with zero attached hydrogens (tertiary/aromatic N) is 2. The molecule has 2 heterocycles. The molecule has 0 radical (unpaired) electrons. The molecule has 15 heavy (non-hydrogen) atoms. The van der Waals surface area contributed by atoms with Crippen molar-refractivity contribution in [3.63, 3.8) is 0 Å². The third kappa shape index (κ3) is 2.18. The van der Waals surface area contributed by atoms with Crippen LogP contribution >= 0.6 is 11.5 Å². The molecule has 0 saturated heterocycles. The lowest BCUT2D eigenvalue weighted by molar-refractivity contribution is 0.102. The molecule has 0 atom stereocenters. The lowest BCUT2D eigenvalue weighted by atomic mass is 10.4. The Kier molecular flexibility index (Phi) is 2.46. The molecular formula is C8H7FN4OS. The summed E-state index contributed by atoms with van der Waals surface area (Å²) < 4.78 is 16.5. The first-order valence-corrected chi connectivity index (χ1v) is 4.88. The molecule has 2 aromatic rings. The molecule has 5 nitrogen and oxygen atoms in total. The molecule has 0 fully saturated rings. The summed E-state index contributed by atoms with van der Waals surface area (Å²) in [4.78, 5) is 17.9. The minimum Gasteiger partial charge on any atom is -0.355 e. The van der Waals surface area contributed by atoms with E-state index in [1.54, 1.807) is 6.92 Å². The molecule has 0 aliphatic rings. The van der Waals surface area contributed by atoms with Crippen molar-refractivity contribution >= 4 is 22.6 Å². The average molecular weight is 226 g/mol. The number of halogens is 1. The van der Waals surface area contributed by atoms with E-state index in [2.05, 4.69) is 19.7 Å². The highest BCUT2D eigenvalue weighted by atomic mass is 32.1. The number of anilines is 1. The normalized spacial score (nSPS) is 10.3. The van der Waals surface area contributed by atoms with E-state index in [0.717, 1.165) is 23.8 Å². The summed E-state index contributed by atoms with van der Waals surface area (Å²) in [6, 6.07) is 1.11. The lowest BCUT2D eigenvalue weighted by Gasteiger charge is -1.96. The van der Waals surface area contributed by atoms with Crippen LogP contribution in [-0.2, 0) is 0 Å². The second kappa shape index (κ2) is 3.77. The Hall–Kier alpha value is -1.76. The van der Waals surface area contributed by atoms with Gasteiger partial charge in [-0.15, -0.1) is 0 Å². The lowest BCUT2D eigenvalue weighted by Crippen LogP contribution is -2.11. The van der Waals surface area contributed by atoms with Crippen molar-refractivity contribution in [3.05, 3.63) is 29.6 Å². The summed E-state index contributed by atoms with van der Waals surface area (Å²) in [6.45, 7) is 1.72. The third-order valence-corrected chi connectivity index (χ3v) is 2.36. The van der Waals surface area contributed by atoms with Crippen molar-refractivity contribution in [2.75, 3.05) is 5.32 Å². The minimum absolute atomic E-state index is 0.153. The maximum Gasteiger partial charge on any atom is 0.273 e. The molecule has 2 aromatic heterocycles. The summed E-state index contributed by atoms with van der Waals surface area (Å²) >= 11 is 1.08. The number of amides is 1. The molecule has 0 unspecified atom stereocenters. The summed E-state index contributed by atoms with van der Waals surface area (Å²) in [5.74, 6) is -0.323. The van der Waals surface area contributed by atoms with Gasteiger partial charge in [0.25, 0.3) is 5.91 Å². The van der Waals surface area contributed by atoms with Crippen LogP contribution < -0.4 is 5.32 Å². The Labute approximate surface area is 88.5 Å². The third-order valence-electron chi connectivity index (χ3n) is 1.64. The van der Waals surface area contributed by atoms with Crippen LogP contribution in [0.15, 0.2) is 12.3 Å². The number of aromatic amines is 1. The van der Waals surface area contributed by atoms with Gasteiger partial charge in [0.15, 0.2) is 0 Å². The van der Waals surface area contributed by atoms with Crippen LogP contribution in [0, 0.1) is 12.7 Å². The summed E-state index contributed by atoms with van der Waals surface area (Å²) in [5, 5.41) is 2.90. The van der Waals surface area contributed by atoms with Gasteiger partial charge in [-0.3, -0.25) is 10.1 Å². The highest BCUT2D eigenvalue weighted by Gasteiger charge is 2.10. The van der Waals surface area contributed by atoms with Crippen molar-refractivity contribution in [3.8, 4) is 0 Å². The summed E-state index contributed by atoms with van der Waals surface area (Å²) in [6.07, 6.45) is 1.11. The Morgan fingerprint density at radius 2 is 2.47 bits per heavy atom. The smallest absolute Gasteiger partial charge is 0.273 e. The van der Waals surface area contributed by atoms with Gasteiger partial charge in [0.1, 0.15) is 17.3 Å². The Morgan fingerprint density at radius 1 is 1.67 bits per heavy atom. The van der Waals surface area contributed by atoms with Gasteiger partial charge in [0, 0.05) is 23.8 Å². The second-order valence-electron chi connectivity index (χ2n) is 2.83. The van der Waals surface area contributed by atoms with Gasteiger partial charge in [-0.25, -0.2) is 9.37 Å². The van der Waals surface area contributed by atoms with E-state index in [1.165, 1.54) is 0 Å². The first kappa shape index (κ1) is 9.78. The van der Waals surface area contributed by atoms with Crippen molar-refractivity contribution in [1.82, 2.24) is 14.3 Å². The fraction of sp³-hybridized carbons (Fsp3) is 0.125. The number of carbonyl (C=O) groups excluding carboxylic acids is 1. The number of hydrogen-bond acceptors (Lipinski definition) is 4. The number of hydrogen-bond donors (Lipinski definition) is 2. The van der Waals surface area contributed by atoms with E-state index in [-0.39, 0.29) is 5.69 Å². The Bertz CT molecular complexity index is 492. The van der Waals surface area contributed by atoms with Crippen LogP contribution in [0.25, 0.3) is 0 Å². The molecule has 0 bridgehead atoms. The second-order valence-corrected chi connectivity index (χ2v) is 3.58. The van der Waals surface area contributed by atoms with Gasteiger partial charge in [-0.1, -0.05) is 0 Å². The quantitative estimate of drug-likeness (QED) is 0.816. The van der Waals surface area contributed by atoms with E-state index in [9.17, 15) is 9.18 Å². The number of H-pyrrole nitrogens is 1. The van der Waals surface area contributed by atoms with Gasteiger partial charge < -0.3 is 4.98 Å². The zero-order chi connectivity index (χ0) is 10.8. The molecular weight excluding hydrogens is 219 g/mol. The van der Waals surface area contributed by atoms with Crippen molar-refractivity contribution in [2.45, 2.75) is 6.92 Å². The summed E-state index contributed by atoms with van der Waals surface area (Å²) in [7, 11) is 0. The topological polar surface area (TPSA) is 70.7 Å². The minimum atomic E-state index is -0.478. The molecule has 1 amide bonds. The van der Waals surface area contributed by atoms with E-state index >= 15 is 0 Å². The maximum absolute atomic E-state index is 12.6. The Balaban J connectivity index is 2.10. The van der Waals surface area contributed by atoms with Crippen LogP contribution in [0.2, 0.25) is 0 Å². The highest BCUT2D eigenvalue weighted by molar-refractivity contribution is 7.09. The number of rotatable bonds is 2. The van der Waals surface area contributed by atoms with Crippen LogP contribution in [-0.4, -0.2) is 20.2 Å². The molecule has 0 aliphatic heterocycles. The van der Waals surface area contributed by atoms with Gasteiger partial charge >= 0.3 is 0 Å². The predicted molar refractivity (Wildman–Crippen MR) is 53.3 cm³/mol. The van der Waals surface area contributed by atoms with E-state index in [0.29, 0.717) is 11.0 Å². The van der Waals surface area contributed by atoms with Crippen molar-refractivity contribution in [2.24, 2.45) is 0 Å². The first-order valence-electron chi connectivity index (χ1n) is 4.11. The number of aromatic nitrogens is 3. The molecule has 78 valence electrons. The first-order chi connectivity index (χ1) is 7.15. The molecule has 7 heteroatoms. The molecule has 0 aliphatic carbocycles. The van der Waals surface area contributed by atoms with Gasteiger partial charge in [-0.05, 0) is 6.92 Å². The molecule has 0 spiro atoms. The van der Waals surface area contributed by atoms with Crippen LogP contribution in [0.4, 0.5) is 9.52 Å². The molecule has 2 rings (SSSR count). The maximum atomic E-state index is 12.6.